The second-order valence-corrected chi connectivity index (χ2v) is 7.07. The molecule has 0 radical (unpaired) electrons. The van der Waals surface area contributed by atoms with Crippen molar-refractivity contribution in [1.29, 1.82) is 0 Å². The number of likely N-dealkylation sites (tertiary alicyclic amines) is 1. The Hall–Kier alpha value is -2.13. The maximum Gasteiger partial charge on any atom is 0.0475 e. The smallest absolute Gasteiger partial charge is 0.0475 e. The van der Waals surface area contributed by atoms with Crippen LogP contribution in [0, 0.1) is 11.8 Å². The van der Waals surface area contributed by atoms with Gasteiger partial charge in [-0.3, -0.25) is 4.90 Å². The standard InChI is InChI=1S/C21H25N3/c1-24-20(15-9-4-2-5-10-15)17-13-8-14-18(19(17)23-22)21(24)16-11-6-3-7-12-16/h2-7,9-12,17-18,20-21H,8,13-14,22H2,1H3/t17-,18-,20+,21+/m1/s1. The normalized spacial score (nSPS) is 30.1. The van der Waals surface area contributed by atoms with E-state index in [0.29, 0.717) is 23.9 Å². The van der Waals surface area contributed by atoms with E-state index < -0.39 is 0 Å². The fraction of sp³-hybridized carbons (Fsp3) is 0.381. The molecule has 2 fully saturated rings. The summed E-state index contributed by atoms with van der Waals surface area (Å²) in [6, 6.07) is 22.4. The molecule has 24 heavy (non-hydrogen) atoms. The third-order valence-electron chi connectivity index (χ3n) is 5.86. The molecule has 1 aliphatic heterocycles. The molecule has 2 aromatic carbocycles. The Bertz CT molecular complexity index is 653. The first-order valence-corrected chi connectivity index (χ1v) is 8.90. The van der Waals surface area contributed by atoms with Gasteiger partial charge in [-0.25, -0.2) is 0 Å². The zero-order valence-electron chi connectivity index (χ0n) is 14.2. The second-order valence-electron chi connectivity index (χ2n) is 7.07. The summed E-state index contributed by atoms with van der Waals surface area (Å²) >= 11 is 0. The van der Waals surface area contributed by atoms with Gasteiger partial charge in [-0.05, 0) is 31.0 Å². The minimum atomic E-state index is 0.343. The van der Waals surface area contributed by atoms with E-state index in [0.717, 1.165) is 0 Å². The number of benzene rings is 2. The van der Waals surface area contributed by atoms with Crippen LogP contribution in [0.5, 0.6) is 0 Å². The first-order chi connectivity index (χ1) is 11.8. The van der Waals surface area contributed by atoms with Crippen molar-refractivity contribution in [2.24, 2.45) is 22.8 Å². The average molecular weight is 319 g/mol. The number of nitrogens with zero attached hydrogens (tertiary/aromatic N) is 2. The predicted molar refractivity (Wildman–Crippen MR) is 98.6 cm³/mol. The van der Waals surface area contributed by atoms with Crippen LogP contribution in [0.4, 0.5) is 0 Å². The van der Waals surface area contributed by atoms with Gasteiger partial charge in [0, 0.05) is 29.6 Å². The van der Waals surface area contributed by atoms with Gasteiger partial charge < -0.3 is 5.84 Å². The lowest BCUT2D eigenvalue weighted by Crippen LogP contribution is -2.51. The maximum absolute atomic E-state index is 5.89. The van der Waals surface area contributed by atoms with Crippen LogP contribution in [0.15, 0.2) is 65.8 Å². The lowest BCUT2D eigenvalue weighted by molar-refractivity contribution is 0.0669. The van der Waals surface area contributed by atoms with Crippen LogP contribution in [-0.2, 0) is 0 Å². The van der Waals surface area contributed by atoms with E-state index in [2.05, 4.69) is 77.7 Å². The summed E-state index contributed by atoms with van der Waals surface area (Å²) in [6.07, 6.45) is 3.62. The first-order valence-electron chi connectivity index (χ1n) is 8.90. The van der Waals surface area contributed by atoms with Crippen molar-refractivity contribution in [2.45, 2.75) is 31.3 Å². The number of rotatable bonds is 2. The summed E-state index contributed by atoms with van der Waals surface area (Å²) in [5.41, 5.74) is 3.96. The Morgan fingerprint density at radius 3 is 1.71 bits per heavy atom. The molecule has 4 atom stereocenters. The van der Waals surface area contributed by atoms with E-state index >= 15 is 0 Å². The molecule has 3 heteroatoms. The highest BCUT2D eigenvalue weighted by atomic mass is 15.2. The van der Waals surface area contributed by atoms with Gasteiger partial charge in [0.25, 0.3) is 0 Å². The second kappa shape index (κ2) is 6.40. The molecule has 1 saturated carbocycles. The van der Waals surface area contributed by atoms with Gasteiger partial charge in [0.2, 0.25) is 0 Å². The van der Waals surface area contributed by atoms with Gasteiger partial charge >= 0.3 is 0 Å². The fourth-order valence-electron chi connectivity index (χ4n) is 4.94. The summed E-state index contributed by atoms with van der Waals surface area (Å²) < 4.78 is 0. The molecule has 0 unspecified atom stereocenters. The highest BCUT2D eigenvalue weighted by molar-refractivity contribution is 5.91. The molecule has 124 valence electrons. The van der Waals surface area contributed by atoms with Crippen molar-refractivity contribution in [3.05, 3.63) is 71.8 Å². The molecular formula is C21H25N3. The van der Waals surface area contributed by atoms with Crippen LogP contribution >= 0.6 is 0 Å². The highest BCUT2D eigenvalue weighted by Crippen LogP contribution is 2.51. The Labute approximate surface area is 144 Å². The lowest BCUT2D eigenvalue weighted by atomic mass is 9.66. The molecule has 4 rings (SSSR count). The number of hydrogen-bond acceptors (Lipinski definition) is 3. The molecule has 0 amide bonds. The monoisotopic (exact) mass is 319 g/mol. The topological polar surface area (TPSA) is 41.6 Å². The largest absolute Gasteiger partial charge is 0.323 e. The van der Waals surface area contributed by atoms with Gasteiger partial charge in [-0.2, -0.15) is 5.10 Å². The van der Waals surface area contributed by atoms with Crippen molar-refractivity contribution in [3.63, 3.8) is 0 Å². The van der Waals surface area contributed by atoms with Crippen LogP contribution in [0.2, 0.25) is 0 Å². The molecule has 1 heterocycles. The zero-order chi connectivity index (χ0) is 16.5. The van der Waals surface area contributed by atoms with Gasteiger partial charge in [-0.15, -0.1) is 0 Å². The number of nitrogens with two attached hydrogens (primary N) is 1. The van der Waals surface area contributed by atoms with E-state index in [1.54, 1.807) is 0 Å². The fourth-order valence-corrected chi connectivity index (χ4v) is 4.94. The van der Waals surface area contributed by atoms with Crippen LogP contribution < -0.4 is 5.84 Å². The molecule has 2 N–H and O–H groups in total. The van der Waals surface area contributed by atoms with E-state index in [9.17, 15) is 0 Å². The zero-order valence-corrected chi connectivity index (χ0v) is 14.2. The Kier molecular flexibility index (Phi) is 4.11. The van der Waals surface area contributed by atoms with Crippen molar-refractivity contribution >= 4 is 5.71 Å². The van der Waals surface area contributed by atoms with Crippen molar-refractivity contribution in [3.8, 4) is 0 Å². The predicted octanol–water partition coefficient (Wildman–Crippen LogP) is 4.15. The number of hydrogen-bond donors (Lipinski definition) is 1. The summed E-state index contributed by atoms with van der Waals surface area (Å²) in [5, 5.41) is 4.31. The quantitative estimate of drug-likeness (QED) is 0.667. The average Bonchev–Trinajstić information content (AvgIpc) is 2.63. The Morgan fingerprint density at radius 2 is 1.29 bits per heavy atom. The van der Waals surface area contributed by atoms with Crippen LogP contribution in [-0.4, -0.2) is 17.7 Å². The third-order valence-corrected chi connectivity index (χ3v) is 5.86. The molecule has 2 bridgehead atoms. The van der Waals surface area contributed by atoms with Crippen molar-refractivity contribution in [1.82, 2.24) is 4.90 Å². The van der Waals surface area contributed by atoms with E-state index in [1.165, 1.54) is 36.1 Å². The number of hydrazone groups is 1. The summed E-state index contributed by atoms with van der Waals surface area (Å²) in [6.45, 7) is 0. The summed E-state index contributed by atoms with van der Waals surface area (Å²) in [5.74, 6) is 6.75. The van der Waals surface area contributed by atoms with Crippen molar-refractivity contribution < 1.29 is 0 Å². The maximum atomic E-state index is 5.89. The number of piperidine rings is 1. The molecule has 1 saturated heterocycles. The summed E-state index contributed by atoms with van der Waals surface area (Å²) in [7, 11) is 2.27. The molecule has 0 spiro atoms. The number of fused-ring (bicyclic) bond motifs is 2. The molecule has 2 aliphatic rings. The van der Waals surface area contributed by atoms with Crippen LogP contribution in [0.1, 0.15) is 42.5 Å². The first kappa shape index (κ1) is 15.4. The molecule has 3 nitrogen and oxygen atoms in total. The molecule has 0 aromatic heterocycles. The lowest BCUT2D eigenvalue weighted by Gasteiger charge is -2.52. The summed E-state index contributed by atoms with van der Waals surface area (Å²) in [4.78, 5) is 2.56. The Balaban J connectivity index is 1.83. The SMILES string of the molecule is CN1[C@@H](c2ccccc2)[C@@H]2CCC[C@H](C2=NN)[C@@H]1c1ccccc1. The molecule has 2 aromatic rings. The Morgan fingerprint density at radius 1 is 0.833 bits per heavy atom. The minimum Gasteiger partial charge on any atom is -0.323 e. The minimum absolute atomic E-state index is 0.343. The van der Waals surface area contributed by atoms with Gasteiger partial charge in [-0.1, -0.05) is 67.1 Å². The van der Waals surface area contributed by atoms with E-state index in [-0.39, 0.29) is 0 Å². The van der Waals surface area contributed by atoms with Crippen LogP contribution in [0.3, 0.4) is 0 Å². The molecular weight excluding hydrogens is 294 g/mol. The van der Waals surface area contributed by atoms with Crippen LogP contribution in [0.25, 0.3) is 0 Å². The third kappa shape index (κ3) is 2.44. The highest BCUT2D eigenvalue weighted by Gasteiger charge is 2.48. The van der Waals surface area contributed by atoms with E-state index in [1.807, 2.05) is 0 Å². The van der Waals surface area contributed by atoms with Gasteiger partial charge in [0.05, 0.1) is 0 Å². The van der Waals surface area contributed by atoms with E-state index in [4.69, 9.17) is 5.84 Å². The molecule has 1 aliphatic carbocycles. The van der Waals surface area contributed by atoms with Gasteiger partial charge in [0.15, 0.2) is 0 Å². The van der Waals surface area contributed by atoms with Crippen molar-refractivity contribution in [2.75, 3.05) is 7.05 Å². The van der Waals surface area contributed by atoms with Gasteiger partial charge in [0.1, 0.15) is 0 Å².